The monoisotopic (exact) mass is 278 g/mol. The molecular weight excluding hydrogens is 266 g/mol. The fraction of sp³-hybridized carbons (Fsp3) is 0.133. The van der Waals surface area contributed by atoms with Crippen molar-refractivity contribution in [2.75, 3.05) is 0 Å². The summed E-state index contributed by atoms with van der Waals surface area (Å²) in [7, 11) is 0. The van der Waals surface area contributed by atoms with Crippen molar-refractivity contribution >= 4 is 5.97 Å². The van der Waals surface area contributed by atoms with E-state index in [4.69, 9.17) is 9.84 Å². The minimum atomic E-state index is -0.946. The van der Waals surface area contributed by atoms with Crippen molar-refractivity contribution in [1.82, 2.24) is 0 Å². The van der Waals surface area contributed by atoms with Crippen molar-refractivity contribution in [3.8, 4) is 5.75 Å². The predicted octanol–water partition coefficient (Wildman–Crippen LogP) is 3.17. The van der Waals surface area contributed by atoms with E-state index in [0.29, 0.717) is 11.3 Å². The van der Waals surface area contributed by atoms with Crippen LogP contribution in [0.25, 0.3) is 0 Å². The Morgan fingerprint density at radius 2 is 1.95 bits per heavy atom. The minimum absolute atomic E-state index is 0.105. The van der Waals surface area contributed by atoms with Gasteiger partial charge in [-0.05, 0) is 35.9 Å². The molecule has 0 aliphatic carbocycles. The third kappa shape index (κ3) is 3.78. The van der Waals surface area contributed by atoms with Crippen LogP contribution in [-0.2, 0) is 17.8 Å². The largest absolute Gasteiger partial charge is 0.489 e. The van der Waals surface area contributed by atoms with Crippen molar-refractivity contribution in [2.24, 2.45) is 0 Å². The second-order valence-electron chi connectivity index (χ2n) is 4.24. The van der Waals surface area contributed by atoms with E-state index in [1.165, 1.54) is 0 Å². The van der Waals surface area contributed by atoms with Gasteiger partial charge in [-0.25, -0.2) is 8.78 Å². The Kier molecular flexibility index (Phi) is 4.30. The highest BCUT2D eigenvalue weighted by molar-refractivity contribution is 5.70. The first kappa shape index (κ1) is 14.0. The quantitative estimate of drug-likeness (QED) is 0.913. The average molecular weight is 278 g/mol. The highest BCUT2D eigenvalue weighted by Gasteiger charge is 2.06. The third-order valence-corrected chi connectivity index (χ3v) is 2.66. The molecule has 0 aliphatic rings. The van der Waals surface area contributed by atoms with E-state index in [1.807, 2.05) is 0 Å². The lowest BCUT2D eigenvalue weighted by Crippen LogP contribution is -2.02. The first-order chi connectivity index (χ1) is 9.54. The van der Waals surface area contributed by atoms with Crippen LogP contribution in [0.2, 0.25) is 0 Å². The summed E-state index contributed by atoms with van der Waals surface area (Å²) in [6.07, 6.45) is -0.120. The van der Waals surface area contributed by atoms with Crippen LogP contribution in [-0.4, -0.2) is 11.1 Å². The first-order valence-corrected chi connectivity index (χ1v) is 5.92. The number of hydrogen-bond acceptors (Lipinski definition) is 2. The Morgan fingerprint density at radius 1 is 1.15 bits per heavy atom. The Balaban J connectivity index is 2.07. The lowest BCUT2D eigenvalue weighted by atomic mass is 10.1. The molecule has 0 atom stereocenters. The number of carbonyl (C=O) groups is 1. The van der Waals surface area contributed by atoms with Gasteiger partial charge in [0.25, 0.3) is 0 Å². The topological polar surface area (TPSA) is 46.5 Å². The van der Waals surface area contributed by atoms with E-state index < -0.39 is 17.6 Å². The van der Waals surface area contributed by atoms with Crippen LogP contribution in [0.3, 0.4) is 0 Å². The molecule has 0 aromatic heterocycles. The molecule has 3 nitrogen and oxygen atoms in total. The number of carboxylic acids is 1. The first-order valence-electron chi connectivity index (χ1n) is 5.92. The summed E-state index contributed by atoms with van der Waals surface area (Å²) in [6, 6.07) is 9.63. The van der Waals surface area contributed by atoms with Crippen LogP contribution < -0.4 is 4.74 Å². The van der Waals surface area contributed by atoms with Crippen LogP contribution in [0.15, 0.2) is 42.5 Å². The summed E-state index contributed by atoms with van der Waals surface area (Å²) in [6.45, 7) is -0.125. The van der Waals surface area contributed by atoms with E-state index in [-0.39, 0.29) is 18.6 Å². The number of ether oxygens (including phenoxy) is 1. The Bertz CT molecular complexity index is 626. The summed E-state index contributed by atoms with van der Waals surface area (Å²) in [5, 5.41) is 8.70. The normalized spacial score (nSPS) is 10.3. The Hall–Kier alpha value is -2.43. The van der Waals surface area contributed by atoms with Crippen LogP contribution in [0.5, 0.6) is 5.75 Å². The van der Waals surface area contributed by atoms with Gasteiger partial charge in [0.15, 0.2) is 0 Å². The van der Waals surface area contributed by atoms with Crippen molar-refractivity contribution < 1.29 is 23.4 Å². The average Bonchev–Trinajstić information content (AvgIpc) is 2.39. The molecule has 0 amide bonds. The second-order valence-corrected chi connectivity index (χ2v) is 4.24. The lowest BCUT2D eigenvalue weighted by Gasteiger charge is -2.08. The minimum Gasteiger partial charge on any atom is -0.489 e. The predicted molar refractivity (Wildman–Crippen MR) is 68.5 cm³/mol. The zero-order chi connectivity index (χ0) is 14.5. The summed E-state index contributed by atoms with van der Waals surface area (Å²) >= 11 is 0. The van der Waals surface area contributed by atoms with Gasteiger partial charge >= 0.3 is 5.97 Å². The number of aliphatic carboxylic acids is 1. The molecule has 0 bridgehead atoms. The van der Waals surface area contributed by atoms with E-state index in [0.717, 1.165) is 18.2 Å². The van der Waals surface area contributed by atoms with Crippen LogP contribution in [0, 0.1) is 11.6 Å². The molecule has 0 unspecified atom stereocenters. The second kappa shape index (κ2) is 6.14. The molecular formula is C15H12F2O3. The van der Waals surface area contributed by atoms with E-state index in [1.54, 1.807) is 24.3 Å². The molecule has 5 heteroatoms. The Labute approximate surface area is 114 Å². The number of hydrogen-bond donors (Lipinski definition) is 1. The third-order valence-electron chi connectivity index (χ3n) is 2.66. The summed E-state index contributed by atoms with van der Waals surface area (Å²) < 4.78 is 31.7. The molecule has 0 spiro atoms. The summed E-state index contributed by atoms with van der Waals surface area (Å²) in [4.78, 5) is 10.6. The van der Waals surface area contributed by atoms with Gasteiger partial charge in [0.2, 0.25) is 0 Å². The SMILES string of the molecule is O=C(O)Cc1cccc(OCc2cc(F)ccc2F)c1. The van der Waals surface area contributed by atoms with Crippen LogP contribution in [0.4, 0.5) is 8.78 Å². The fourth-order valence-corrected chi connectivity index (χ4v) is 1.73. The van der Waals surface area contributed by atoms with Crippen LogP contribution in [0.1, 0.15) is 11.1 Å². The number of benzene rings is 2. The molecule has 0 heterocycles. The van der Waals surface area contributed by atoms with Gasteiger partial charge in [0.1, 0.15) is 24.0 Å². The molecule has 0 fully saturated rings. The molecule has 0 radical (unpaired) electrons. The van der Waals surface area contributed by atoms with Crippen LogP contribution >= 0.6 is 0 Å². The van der Waals surface area contributed by atoms with E-state index >= 15 is 0 Å². The maximum absolute atomic E-state index is 13.4. The maximum atomic E-state index is 13.4. The molecule has 104 valence electrons. The van der Waals surface area contributed by atoms with Gasteiger partial charge in [-0.1, -0.05) is 12.1 Å². The van der Waals surface area contributed by atoms with Crippen molar-refractivity contribution in [1.29, 1.82) is 0 Å². The summed E-state index contributed by atoms with van der Waals surface area (Å²) in [5.41, 5.74) is 0.684. The molecule has 2 rings (SSSR count). The number of rotatable bonds is 5. The van der Waals surface area contributed by atoms with Gasteiger partial charge < -0.3 is 9.84 Å². The van der Waals surface area contributed by atoms with Gasteiger partial charge in [0.05, 0.1) is 6.42 Å². The molecule has 0 saturated carbocycles. The zero-order valence-corrected chi connectivity index (χ0v) is 10.5. The number of halogens is 2. The van der Waals surface area contributed by atoms with Gasteiger partial charge in [-0.15, -0.1) is 0 Å². The van der Waals surface area contributed by atoms with Gasteiger partial charge in [0, 0.05) is 5.56 Å². The zero-order valence-electron chi connectivity index (χ0n) is 10.5. The highest BCUT2D eigenvalue weighted by Crippen LogP contribution is 2.17. The van der Waals surface area contributed by atoms with E-state index in [9.17, 15) is 13.6 Å². The van der Waals surface area contributed by atoms with Crippen molar-refractivity contribution in [3.05, 3.63) is 65.2 Å². The van der Waals surface area contributed by atoms with Gasteiger partial charge in [-0.3, -0.25) is 4.79 Å². The standard InChI is InChI=1S/C15H12F2O3/c16-12-4-5-14(17)11(8-12)9-20-13-3-1-2-10(6-13)7-15(18)19/h1-6,8H,7,9H2,(H,18,19). The lowest BCUT2D eigenvalue weighted by molar-refractivity contribution is -0.136. The smallest absolute Gasteiger partial charge is 0.307 e. The van der Waals surface area contributed by atoms with Crippen molar-refractivity contribution in [2.45, 2.75) is 13.0 Å². The molecule has 0 aliphatic heterocycles. The molecule has 20 heavy (non-hydrogen) atoms. The molecule has 2 aromatic carbocycles. The maximum Gasteiger partial charge on any atom is 0.307 e. The van der Waals surface area contributed by atoms with E-state index in [2.05, 4.69) is 0 Å². The molecule has 0 saturated heterocycles. The Morgan fingerprint density at radius 3 is 2.70 bits per heavy atom. The van der Waals surface area contributed by atoms with Crippen molar-refractivity contribution in [3.63, 3.8) is 0 Å². The fourth-order valence-electron chi connectivity index (χ4n) is 1.73. The van der Waals surface area contributed by atoms with Gasteiger partial charge in [-0.2, -0.15) is 0 Å². The highest BCUT2D eigenvalue weighted by atomic mass is 19.1. The molecule has 1 N–H and O–H groups in total. The number of carboxylic acid groups (broad SMARTS) is 1. The summed E-state index contributed by atoms with van der Waals surface area (Å²) in [5.74, 6) is -1.62. The molecule has 2 aromatic rings.